The second kappa shape index (κ2) is 10.5. The lowest BCUT2D eigenvalue weighted by molar-refractivity contribution is 0.200. The molecule has 2 fully saturated rings. The molecule has 178 valence electrons. The summed E-state index contributed by atoms with van der Waals surface area (Å²) in [6, 6.07) is 15.1. The lowest BCUT2D eigenvalue weighted by Gasteiger charge is -2.34. The number of piperidine rings is 1. The zero-order valence-corrected chi connectivity index (χ0v) is 20.4. The molecule has 3 heterocycles. The molecule has 0 atom stereocenters. The van der Waals surface area contributed by atoms with Gasteiger partial charge in [0.25, 0.3) is 0 Å². The minimum Gasteiger partial charge on any atom is -0.491 e. The zero-order valence-electron chi connectivity index (χ0n) is 20.4. The molecule has 2 aliphatic heterocycles. The third-order valence-electron chi connectivity index (χ3n) is 6.98. The molecular formula is C28H35N5O. The van der Waals surface area contributed by atoms with Crippen LogP contribution in [-0.2, 0) is 0 Å². The van der Waals surface area contributed by atoms with Gasteiger partial charge in [0.2, 0.25) is 0 Å². The Bertz CT molecular complexity index is 1140. The van der Waals surface area contributed by atoms with E-state index >= 15 is 0 Å². The molecule has 5 rings (SSSR count). The summed E-state index contributed by atoms with van der Waals surface area (Å²) in [7, 11) is 2.20. The van der Waals surface area contributed by atoms with Crippen molar-refractivity contribution in [1.82, 2.24) is 19.8 Å². The van der Waals surface area contributed by atoms with Crippen LogP contribution in [-0.4, -0.2) is 79.2 Å². The summed E-state index contributed by atoms with van der Waals surface area (Å²) in [5, 5.41) is 0.982. The number of piperazine rings is 1. The van der Waals surface area contributed by atoms with E-state index < -0.39 is 0 Å². The van der Waals surface area contributed by atoms with E-state index in [9.17, 15) is 0 Å². The van der Waals surface area contributed by atoms with E-state index in [1.807, 2.05) is 31.3 Å². The monoisotopic (exact) mass is 457 g/mol. The van der Waals surface area contributed by atoms with Crippen molar-refractivity contribution in [2.75, 3.05) is 64.4 Å². The Morgan fingerprint density at radius 1 is 0.971 bits per heavy atom. The topological polar surface area (TPSA) is 44.7 Å². The van der Waals surface area contributed by atoms with Crippen molar-refractivity contribution < 1.29 is 4.74 Å². The van der Waals surface area contributed by atoms with Crippen LogP contribution in [0.25, 0.3) is 17.0 Å². The van der Waals surface area contributed by atoms with Crippen molar-refractivity contribution >= 4 is 22.7 Å². The lowest BCUT2D eigenvalue weighted by atomic mass is 10.0. The summed E-state index contributed by atoms with van der Waals surface area (Å²) in [4.78, 5) is 16.2. The van der Waals surface area contributed by atoms with E-state index in [1.54, 1.807) is 5.57 Å². The molecule has 1 aromatic heterocycles. The molecular weight excluding hydrogens is 422 g/mol. The van der Waals surface area contributed by atoms with Crippen LogP contribution in [0.5, 0.6) is 5.75 Å². The van der Waals surface area contributed by atoms with Crippen molar-refractivity contribution in [3.8, 4) is 5.75 Å². The highest BCUT2D eigenvalue weighted by atomic mass is 16.5. The van der Waals surface area contributed by atoms with Gasteiger partial charge in [-0.2, -0.15) is 0 Å². The number of hydrogen-bond acceptors (Lipinski definition) is 6. The number of nitrogens with zero attached hydrogens (tertiary/aromatic N) is 5. The van der Waals surface area contributed by atoms with Crippen LogP contribution in [0.3, 0.4) is 0 Å². The largest absolute Gasteiger partial charge is 0.491 e. The molecule has 3 aromatic rings. The molecule has 6 nitrogen and oxygen atoms in total. The Morgan fingerprint density at radius 2 is 1.76 bits per heavy atom. The van der Waals surface area contributed by atoms with E-state index in [4.69, 9.17) is 4.74 Å². The molecule has 0 unspecified atom stereocenters. The van der Waals surface area contributed by atoms with Gasteiger partial charge in [0.15, 0.2) is 0 Å². The Kier molecular flexibility index (Phi) is 7.07. The Hall–Kier alpha value is -2.96. The van der Waals surface area contributed by atoms with Gasteiger partial charge >= 0.3 is 0 Å². The van der Waals surface area contributed by atoms with Crippen molar-refractivity contribution in [3.05, 3.63) is 65.6 Å². The highest BCUT2D eigenvalue weighted by Crippen LogP contribution is 2.25. The van der Waals surface area contributed by atoms with Crippen molar-refractivity contribution in [2.24, 2.45) is 0 Å². The van der Waals surface area contributed by atoms with E-state index in [1.165, 1.54) is 11.3 Å². The van der Waals surface area contributed by atoms with Gasteiger partial charge in [-0.05, 0) is 56.6 Å². The highest BCUT2D eigenvalue weighted by Gasteiger charge is 2.16. The number of benzene rings is 2. The molecule has 2 saturated heterocycles. The van der Waals surface area contributed by atoms with Gasteiger partial charge in [-0.1, -0.05) is 29.8 Å². The van der Waals surface area contributed by atoms with Crippen molar-refractivity contribution in [2.45, 2.75) is 19.8 Å². The van der Waals surface area contributed by atoms with Crippen LogP contribution in [0.1, 0.15) is 24.2 Å². The smallest absolute Gasteiger partial charge is 0.130 e. The molecule has 0 bridgehead atoms. The van der Waals surface area contributed by atoms with Crippen LogP contribution < -0.4 is 9.64 Å². The maximum atomic E-state index is 6.12. The van der Waals surface area contributed by atoms with Crippen molar-refractivity contribution in [1.29, 1.82) is 0 Å². The van der Waals surface area contributed by atoms with Gasteiger partial charge in [-0.25, -0.2) is 9.97 Å². The van der Waals surface area contributed by atoms with Crippen LogP contribution in [0, 0.1) is 6.92 Å². The first kappa shape index (κ1) is 22.8. The van der Waals surface area contributed by atoms with Crippen LogP contribution in [0.15, 0.2) is 54.2 Å². The van der Waals surface area contributed by atoms with Crippen LogP contribution >= 0.6 is 0 Å². The maximum absolute atomic E-state index is 6.12. The molecule has 34 heavy (non-hydrogen) atoms. The van der Waals surface area contributed by atoms with Gasteiger partial charge in [0.1, 0.15) is 18.2 Å². The molecule has 0 saturated carbocycles. The second-order valence-corrected chi connectivity index (χ2v) is 9.48. The van der Waals surface area contributed by atoms with Gasteiger partial charge in [0.05, 0.1) is 10.9 Å². The average molecular weight is 458 g/mol. The van der Waals surface area contributed by atoms with E-state index in [0.29, 0.717) is 6.61 Å². The molecule has 0 spiro atoms. The second-order valence-electron chi connectivity index (χ2n) is 9.48. The molecule has 0 radical (unpaired) electrons. The Balaban J connectivity index is 1.12. The minimum absolute atomic E-state index is 0.680. The maximum Gasteiger partial charge on any atom is 0.130 e. The summed E-state index contributed by atoms with van der Waals surface area (Å²) >= 11 is 0. The number of aromatic nitrogens is 2. The SMILES string of the molecule is Cc1ncc2c(OCCN3CCC(=Cc4cccc(N5CCN(C)CC5)c4)CC3)cccc2n1. The first-order valence-electron chi connectivity index (χ1n) is 12.4. The zero-order chi connectivity index (χ0) is 23.3. The standard InChI is InChI=1S/C28H35N5O/c1-22-29-21-26-27(30-22)7-4-8-28(26)34-18-17-32-11-9-23(10-12-32)19-24-5-3-6-25(20-24)33-15-13-31(2)14-16-33/h3-8,19-21H,9-18H2,1-2H3. The summed E-state index contributed by atoms with van der Waals surface area (Å²) in [5.74, 6) is 1.66. The van der Waals surface area contributed by atoms with E-state index in [-0.39, 0.29) is 0 Å². The van der Waals surface area contributed by atoms with Gasteiger partial charge in [-0.3, -0.25) is 4.90 Å². The normalized spacial score (nSPS) is 17.8. The number of hydrogen-bond donors (Lipinski definition) is 0. The number of ether oxygens (including phenoxy) is 1. The number of rotatable bonds is 6. The molecule has 6 heteroatoms. The molecule has 0 aliphatic carbocycles. The number of aryl methyl sites for hydroxylation is 1. The predicted octanol–water partition coefficient (Wildman–Crippen LogP) is 4.25. The fourth-order valence-electron chi connectivity index (χ4n) is 4.85. The minimum atomic E-state index is 0.680. The molecule has 0 amide bonds. The average Bonchev–Trinajstić information content (AvgIpc) is 2.86. The first-order valence-corrected chi connectivity index (χ1v) is 12.4. The van der Waals surface area contributed by atoms with Gasteiger partial charge in [-0.15, -0.1) is 0 Å². The summed E-state index contributed by atoms with van der Waals surface area (Å²) in [6.45, 7) is 10.2. The summed E-state index contributed by atoms with van der Waals surface area (Å²) in [5.41, 5.74) is 5.17. The quantitative estimate of drug-likeness (QED) is 0.552. The third-order valence-corrected chi connectivity index (χ3v) is 6.98. The summed E-state index contributed by atoms with van der Waals surface area (Å²) < 4.78 is 6.12. The third kappa shape index (κ3) is 5.57. The Labute approximate surface area is 202 Å². The van der Waals surface area contributed by atoms with Crippen LogP contribution in [0.2, 0.25) is 0 Å². The number of fused-ring (bicyclic) bond motifs is 1. The van der Waals surface area contributed by atoms with Gasteiger partial charge < -0.3 is 14.5 Å². The lowest BCUT2D eigenvalue weighted by Crippen LogP contribution is -2.44. The van der Waals surface area contributed by atoms with E-state index in [2.05, 4.69) is 62.1 Å². The summed E-state index contributed by atoms with van der Waals surface area (Å²) in [6.07, 6.45) is 6.52. The fourth-order valence-corrected chi connectivity index (χ4v) is 4.85. The number of likely N-dealkylation sites (N-methyl/N-ethyl adjacent to an activating group) is 1. The highest BCUT2D eigenvalue weighted by molar-refractivity contribution is 5.84. The van der Waals surface area contributed by atoms with Gasteiger partial charge in [0, 0.05) is 57.7 Å². The number of anilines is 1. The molecule has 2 aromatic carbocycles. The fraction of sp³-hybridized carbons (Fsp3) is 0.429. The number of likely N-dealkylation sites (tertiary alicyclic amines) is 1. The van der Waals surface area contributed by atoms with Crippen LogP contribution in [0.4, 0.5) is 5.69 Å². The first-order chi connectivity index (χ1) is 16.6. The molecule has 0 N–H and O–H groups in total. The predicted molar refractivity (Wildman–Crippen MR) is 140 cm³/mol. The van der Waals surface area contributed by atoms with Crippen molar-refractivity contribution in [3.63, 3.8) is 0 Å². The molecule has 2 aliphatic rings. The van der Waals surface area contributed by atoms with E-state index in [0.717, 1.165) is 81.1 Å². The Morgan fingerprint density at radius 3 is 2.59 bits per heavy atom.